The minimum absolute atomic E-state index is 0.241. The predicted octanol–water partition coefficient (Wildman–Crippen LogP) is 5.17. The molecule has 0 spiro atoms. The number of likely N-dealkylation sites (tertiary alicyclic amines) is 1. The fraction of sp³-hybridized carbons (Fsp3) is 0.393. The van der Waals surface area contributed by atoms with Crippen LogP contribution >= 0.6 is 11.6 Å². The lowest BCUT2D eigenvalue weighted by Crippen LogP contribution is -2.35. The summed E-state index contributed by atoms with van der Waals surface area (Å²) in [5.74, 6) is 1.06. The smallest absolute Gasteiger partial charge is 0.324 e. The van der Waals surface area contributed by atoms with Gasteiger partial charge < -0.3 is 9.72 Å². The minimum Gasteiger partial charge on any atom is -0.454 e. The van der Waals surface area contributed by atoms with Crippen LogP contribution in [-0.2, 0) is 22.4 Å². The number of aromatic nitrogens is 6. The highest BCUT2D eigenvalue weighted by molar-refractivity contribution is 6.30. The lowest BCUT2D eigenvalue weighted by molar-refractivity contribution is -0.154. The number of carbonyl (C=O) groups is 1. The van der Waals surface area contributed by atoms with Gasteiger partial charge in [0.1, 0.15) is 18.0 Å². The Hall–Kier alpha value is -3.56. The monoisotopic (exact) mass is 533 g/mol. The molecular weight excluding hydrogens is 502 g/mol. The standard InChI is InChI=1S/C28H32ClN7O2/c1-3-4-12-24-30-25(26(29)31-24)23(38-28(37)22-11-8-15-36(22)2)17-18-13-14-20(19-9-6-5-7-10-19)21(16-18)27-32-34-35-33-27/h5-7,9-10,13-14,16,22-23H,3-4,8,11-12,15,17H2,1-2H3,(H,30,31)(H,32,33,34,35)/t22-,23-/m1/s1. The number of H-pyrrole nitrogens is 2. The van der Waals surface area contributed by atoms with Crippen LogP contribution in [0.1, 0.15) is 55.8 Å². The molecule has 0 bridgehead atoms. The van der Waals surface area contributed by atoms with E-state index < -0.39 is 6.10 Å². The van der Waals surface area contributed by atoms with Gasteiger partial charge in [0.2, 0.25) is 5.82 Å². The molecule has 0 radical (unpaired) electrons. The highest BCUT2D eigenvalue weighted by Gasteiger charge is 2.33. The molecule has 0 saturated carbocycles. The van der Waals surface area contributed by atoms with Crippen molar-refractivity contribution in [1.82, 2.24) is 35.5 Å². The molecule has 1 aliphatic heterocycles. The molecule has 198 valence electrons. The number of aromatic amines is 2. The zero-order valence-electron chi connectivity index (χ0n) is 21.7. The number of nitrogens with one attached hydrogen (secondary N) is 2. The van der Waals surface area contributed by atoms with Crippen molar-refractivity contribution in [2.75, 3.05) is 13.6 Å². The molecule has 38 heavy (non-hydrogen) atoms. The lowest BCUT2D eigenvalue weighted by Gasteiger charge is -2.23. The van der Waals surface area contributed by atoms with E-state index in [1.54, 1.807) is 0 Å². The summed E-state index contributed by atoms with van der Waals surface area (Å²) >= 11 is 6.60. The second kappa shape index (κ2) is 11.9. The second-order valence-corrected chi connectivity index (χ2v) is 10.1. The number of esters is 1. The number of ether oxygens (including phenoxy) is 1. The second-order valence-electron chi connectivity index (χ2n) is 9.74. The molecule has 3 heterocycles. The molecular formula is C28H32ClN7O2. The van der Waals surface area contributed by atoms with Crippen molar-refractivity contribution in [1.29, 1.82) is 0 Å². The molecule has 1 fully saturated rings. The van der Waals surface area contributed by atoms with E-state index in [4.69, 9.17) is 16.3 Å². The Morgan fingerprint density at radius 3 is 2.76 bits per heavy atom. The number of hydrogen-bond donors (Lipinski definition) is 2. The van der Waals surface area contributed by atoms with Gasteiger partial charge in [-0.15, -0.1) is 10.2 Å². The minimum atomic E-state index is -0.618. The third-order valence-corrected chi connectivity index (χ3v) is 7.34. The van der Waals surface area contributed by atoms with E-state index in [-0.39, 0.29) is 12.0 Å². The number of imidazole rings is 1. The normalized spacial score (nSPS) is 16.6. The molecule has 2 aromatic carbocycles. The van der Waals surface area contributed by atoms with Gasteiger partial charge in [-0.05, 0) is 60.8 Å². The molecule has 9 nitrogen and oxygen atoms in total. The Morgan fingerprint density at radius 1 is 1.21 bits per heavy atom. The molecule has 1 aliphatic rings. The lowest BCUT2D eigenvalue weighted by atomic mass is 9.95. The third-order valence-electron chi connectivity index (χ3n) is 7.05. The third kappa shape index (κ3) is 5.79. The van der Waals surface area contributed by atoms with Crippen LogP contribution in [0.15, 0.2) is 48.5 Å². The fourth-order valence-corrected chi connectivity index (χ4v) is 5.25. The summed E-state index contributed by atoms with van der Waals surface area (Å²) in [5, 5.41) is 15.1. The Balaban J connectivity index is 1.49. The zero-order chi connectivity index (χ0) is 26.5. The van der Waals surface area contributed by atoms with Crippen molar-refractivity contribution in [3.8, 4) is 22.5 Å². The number of tetrazole rings is 1. The number of carbonyl (C=O) groups excluding carboxylic acids is 1. The number of nitrogens with zero attached hydrogens (tertiary/aromatic N) is 5. The number of rotatable bonds is 10. The first-order chi connectivity index (χ1) is 18.5. The van der Waals surface area contributed by atoms with Crippen LogP contribution in [0.5, 0.6) is 0 Å². The van der Waals surface area contributed by atoms with Gasteiger partial charge in [-0.1, -0.05) is 67.4 Å². The highest BCUT2D eigenvalue weighted by atomic mass is 35.5. The van der Waals surface area contributed by atoms with Gasteiger partial charge in [0.25, 0.3) is 0 Å². The Bertz CT molecular complexity index is 1360. The topological polar surface area (TPSA) is 113 Å². The van der Waals surface area contributed by atoms with Crippen LogP contribution in [-0.4, -0.2) is 61.1 Å². The molecule has 1 saturated heterocycles. The molecule has 0 unspecified atom stereocenters. The van der Waals surface area contributed by atoms with Crippen molar-refractivity contribution in [2.24, 2.45) is 0 Å². The van der Waals surface area contributed by atoms with Crippen LogP contribution in [0.3, 0.4) is 0 Å². The molecule has 5 rings (SSSR count). The summed E-state index contributed by atoms with van der Waals surface area (Å²) in [6.07, 6.45) is 4.39. The summed E-state index contributed by atoms with van der Waals surface area (Å²) in [5.41, 5.74) is 4.44. The highest BCUT2D eigenvalue weighted by Crippen LogP contribution is 2.34. The predicted molar refractivity (Wildman–Crippen MR) is 145 cm³/mol. The van der Waals surface area contributed by atoms with E-state index in [1.165, 1.54) is 0 Å². The van der Waals surface area contributed by atoms with Crippen molar-refractivity contribution in [3.05, 3.63) is 70.8 Å². The Morgan fingerprint density at radius 2 is 2.05 bits per heavy atom. The van der Waals surface area contributed by atoms with Crippen LogP contribution in [0.4, 0.5) is 0 Å². The Labute approximate surface area is 227 Å². The molecule has 0 aliphatic carbocycles. The first-order valence-electron chi connectivity index (χ1n) is 13.1. The van der Waals surface area contributed by atoms with Crippen LogP contribution in [0.2, 0.25) is 5.15 Å². The van der Waals surface area contributed by atoms with Crippen molar-refractivity contribution >= 4 is 17.6 Å². The number of likely N-dealkylation sites (N-methyl/N-ethyl adjacent to an activating group) is 1. The van der Waals surface area contributed by atoms with E-state index >= 15 is 0 Å². The fourth-order valence-electron chi connectivity index (χ4n) is 4.98. The summed E-state index contributed by atoms with van der Waals surface area (Å²) in [7, 11) is 1.96. The Kier molecular flexibility index (Phi) is 8.14. The molecule has 4 aromatic rings. The van der Waals surface area contributed by atoms with Crippen LogP contribution < -0.4 is 0 Å². The maximum absolute atomic E-state index is 13.2. The maximum Gasteiger partial charge on any atom is 0.324 e. The van der Waals surface area contributed by atoms with Gasteiger partial charge in [0.05, 0.1) is 5.69 Å². The number of halogens is 1. The maximum atomic E-state index is 13.2. The summed E-state index contributed by atoms with van der Waals surface area (Å²) in [6, 6.07) is 15.9. The van der Waals surface area contributed by atoms with E-state index in [1.807, 2.05) is 60.5 Å². The van der Waals surface area contributed by atoms with Gasteiger partial charge in [-0.2, -0.15) is 5.21 Å². The molecule has 0 amide bonds. The van der Waals surface area contributed by atoms with Crippen molar-refractivity contribution in [2.45, 2.75) is 57.6 Å². The number of unbranched alkanes of at least 4 members (excludes halogenated alkanes) is 1. The van der Waals surface area contributed by atoms with Gasteiger partial charge in [-0.3, -0.25) is 9.69 Å². The van der Waals surface area contributed by atoms with E-state index in [0.717, 1.165) is 66.7 Å². The average Bonchev–Trinajstić information content (AvgIpc) is 3.69. The van der Waals surface area contributed by atoms with Crippen LogP contribution in [0.25, 0.3) is 22.5 Å². The first-order valence-corrected chi connectivity index (χ1v) is 13.5. The SMILES string of the molecule is CCCCc1nc(Cl)c([C@@H](Cc2ccc(-c3ccccc3)c(-c3nn[nH]n3)c2)OC(=O)[C@H]2CCCN2C)[nH]1. The molecule has 10 heteroatoms. The largest absolute Gasteiger partial charge is 0.454 e. The van der Waals surface area contributed by atoms with Gasteiger partial charge in [-0.25, -0.2) is 4.98 Å². The molecule has 2 atom stereocenters. The number of hydrogen-bond acceptors (Lipinski definition) is 7. The van der Waals surface area contributed by atoms with Gasteiger partial charge in [0, 0.05) is 18.4 Å². The summed E-state index contributed by atoms with van der Waals surface area (Å²) < 4.78 is 6.15. The van der Waals surface area contributed by atoms with E-state index in [0.29, 0.717) is 23.1 Å². The van der Waals surface area contributed by atoms with Crippen LogP contribution in [0, 0.1) is 0 Å². The zero-order valence-corrected chi connectivity index (χ0v) is 22.4. The average molecular weight is 534 g/mol. The molecule has 2 aromatic heterocycles. The van der Waals surface area contributed by atoms with E-state index in [2.05, 4.69) is 37.5 Å². The van der Waals surface area contributed by atoms with Gasteiger partial charge >= 0.3 is 5.97 Å². The summed E-state index contributed by atoms with van der Waals surface area (Å²) in [6.45, 7) is 3.01. The summed E-state index contributed by atoms with van der Waals surface area (Å²) in [4.78, 5) is 23.2. The quantitative estimate of drug-likeness (QED) is 0.270. The first kappa shape index (κ1) is 26.1. The number of benzene rings is 2. The van der Waals surface area contributed by atoms with Gasteiger partial charge in [0.15, 0.2) is 5.15 Å². The number of aryl methyl sites for hydroxylation is 1. The molecule has 2 N–H and O–H groups in total. The van der Waals surface area contributed by atoms with E-state index in [9.17, 15) is 4.79 Å². The van der Waals surface area contributed by atoms with Crippen molar-refractivity contribution < 1.29 is 9.53 Å². The van der Waals surface area contributed by atoms with Crippen molar-refractivity contribution in [3.63, 3.8) is 0 Å².